The fourth-order valence-corrected chi connectivity index (χ4v) is 2.00. The number of ether oxygens (including phenoxy) is 2. The summed E-state index contributed by atoms with van der Waals surface area (Å²) in [7, 11) is 0. The highest BCUT2D eigenvalue weighted by Gasteiger charge is 2.05. The monoisotopic (exact) mass is 256 g/mol. The minimum atomic E-state index is 0.153. The largest absolute Gasteiger partial charge is 0.494 e. The van der Waals surface area contributed by atoms with Gasteiger partial charge in [-0.15, -0.1) is 0 Å². The van der Waals surface area contributed by atoms with E-state index in [4.69, 9.17) is 9.47 Å². The van der Waals surface area contributed by atoms with Gasteiger partial charge in [-0.1, -0.05) is 30.3 Å². The fourth-order valence-electron chi connectivity index (χ4n) is 2.00. The Morgan fingerprint density at radius 2 is 1.53 bits per heavy atom. The maximum atomic E-state index is 5.90. The zero-order chi connectivity index (χ0) is 13.5. The van der Waals surface area contributed by atoms with Gasteiger partial charge in [0.15, 0.2) is 0 Å². The van der Waals surface area contributed by atoms with Crippen molar-refractivity contribution in [3.63, 3.8) is 0 Å². The highest BCUT2D eigenvalue weighted by molar-refractivity contribution is 5.31. The second-order valence-electron chi connectivity index (χ2n) is 4.52. The van der Waals surface area contributed by atoms with Crippen LogP contribution in [0.2, 0.25) is 0 Å². The standard InChI is InChI=1S/C17H20O2/c1-3-18-16-9-11-17(12-10-16)19-14(2)13-15-7-5-4-6-8-15/h4-12,14H,3,13H2,1-2H3. The second kappa shape index (κ2) is 6.83. The Balaban J connectivity index is 1.89. The van der Waals surface area contributed by atoms with Crippen molar-refractivity contribution in [3.05, 3.63) is 60.2 Å². The molecule has 0 aliphatic heterocycles. The van der Waals surface area contributed by atoms with Gasteiger partial charge in [0.2, 0.25) is 0 Å². The SMILES string of the molecule is CCOc1ccc(OC(C)Cc2ccccc2)cc1. The number of hydrogen-bond acceptors (Lipinski definition) is 2. The number of benzene rings is 2. The molecule has 0 N–H and O–H groups in total. The lowest BCUT2D eigenvalue weighted by Crippen LogP contribution is -2.14. The summed E-state index contributed by atoms with van der Waals surface area (Å²) in [5, 5.41) is 0. The first-order chi connectivity index (χ1) is 9.28. The lowest BCUT2D eigenvalue weighted by atomic mass is 10.1. The molecule has 0 fully saturated rings. The van der Waals surface area contributed by atoms with E-state index in [0.717, 1.165) is 17.9 Å². The minimum absolute atomic E-state index is 0.153. The molecule has 2 aromatic rings. The molecule has 2 aromatic carbocycles. The predicted molar refractivity (Wildman–Crippen MR) is 77.8 cm³/mol. The minimum Gasteiger partial charge on any atom is -0.494 e. The predicted octanol–water partition coefficient (Wildman–Crippen LogP) is 4.10. The first kappa shape index (κ1) is 13.5. The smallest absolute Gasteiger partial charge is 0.119 e. The summed E-state index contributed by atoms with van der Waals surface area (Å²) in [4.78, 5) is 0. The Kier molecular flexibility index (Phi) is 4.85. The molecule has 0 spiro atoms. The molecule has 0 aromatic heterocycles. The lowest BCUT2D eigenvalue weighted by molar-refractivity contribution is 0.221. The molecule has 0 saturated heterocycles. The summed E-state index contributed by atoms with van der Waals surface area (Å²) in [5.74, 6) is 1.76. The van der Waals surface area contributed by atoms with Gasteiger partial charge in [0.25, 0.3) is 0 Å². The third-order valence-electron chi connectivity index (χ3n) is 2.84. The van der Waals surface area contributed by atoms with E-state index < -0.39 is 0 Å². The summed E-state index contributed by atoms with van der Waals surface area (Å²) >= 11 is 0. The number of rotatable bonds is 6. The molecule has 0 saturated carbocycles. The normalized spacial score (nSPS) is 11.9. The molecule has 1 atom stereocenters. The first-order valence-corrected chi connectivity index (χ1v) is 6.71. The molecule has 0 aliphatic carbocycles. The maximum Gasteiger partial charge on any atom is 0.119 e. The molecule has 0 heterocycles. The van der Waals surface area contributed by atoms with Crippen LogP contribution < -0.4 is 9.47 Å². The van der Waals surface area contributed by atoms with E-state index in [1.165, 1.54) is 5.56 Å². The van der Waals surface area contributed by atoms with Gasteiger partial charge in [0, 0.05) is 6.42 Å². The summed E-state index contributed by atoms with van der Waals surface area (Å²) in [6.45, 7) is 4.75. The third-order valence-corrected chi connectivity index (χ3v) is 2.84. The van der Waals surface area contributed by atoms with Crippen molar-refractivity contribution in [3.8, 4) is 11.5 Å². The van der Waals surface area contributed by atoms with E-state index in [1.54, 1.807) is 0 Å². The Hall–Kier alpha value is -1.96. The zero-order valence-corrected chi connectivity index (χ0v) is 11.5. The highest BCUT2D eigenvalue weighted by Crippen LogP contribution is 2.19. The van der Waals surface area contributed by atoms with Crippen molar-refractivity contribution < 1.29 is 9.47 Å². The third kappa shape index (κ3) is 4.32. The molecule has 2 rings (SSSR count). The Morgan fingerprint density at radius 1 is 0.895 bits per heavy atom. The van der Waals surface area contributed by atoms with Gasteiger partial charge >= 0.3 is 0 Å². The van der Waals surface area contributed by atoms with Crippen LogP contribution >= 0.6 is 0 Å². The number of hydrogen-bond donors (Lipinski definition) is 0. The molecule has 0 bridgehead atoms. The van der Waals surface area contributed by atoms with E-state index in [-0.39, 0.29) is 6.10 Å². The first-order valence-electron chi connectivity index (χ1n) is 6.71. The van der Waals surface area contributed by atoms with E-state index in [1.807, 2.05) is 37.3 Å². The summed E-state index contributed by atoms with van der Waals surface area (Å²) in [5.41, 5.74) is 1.29. The van der Waals surface area contributed by atoms with Crippen LogP contribution in [0.3, 0.4) is 0 Å². The van der Waals surface area contributed by atoms with Crippen LogP contribution in [0.5, 0.6) is 11.5 Å². The maximum absolute atomic E-state index is 5.90. The average molecular weight is 256 g/mol. The average Bonchev–Trinajstić information content (AvgIpc) is 2.42. The van der Waals surface area contributed by atoms with E-state index in [2.05, 4.69) is 31.2 Å². The molecule has 2 heteroatoms. The van der Waals surface area contributed by atoms with Gasteiger partial charge in [-0.05, 0) is 43.7 Å². The van der Waals surface area contributed by atoms with Gasteiger partial charge in [-0.3, -0.25) is 0 Å². The quantitative estimate of drug-likeness (QED) is 0.775. The van der Waals surface area contributed by atoms with Gasteiger partial charge in [-0.25, -0.2) is 0 Å². The van der Waals surface area contributed by atoms with Gasteiger partial charge in [0.1, 0.15) is 11.5 Å². The molecule has 0 amide bonds. The second-order valence-corrected chi connectivity index (χ2v) is 4.52. The molecule has 1 unspecified atom stereocenters. The van der Waals surface area contributed by atoms with E-state index in [9.17, 15) is 0 Å². The van der Waals surface area contributed by atoms with Crippen molar-refractivity contribution in [2.24, 2.45) is 0 Å². The van der Waals surface area contributed by atoms with Crippen molar-refractivity contribution in [2.75, 3.05) is 6.61 Å². The van der Waals surface area contributed by atoms with Crippen LogP contribution in [0.25, 0.3) is 0 Å². The molecular weight excluding hydrogens is 236 g/mol. The molecule has 0 aliphatic rings. The van der Waals surface area contributed by atoms with Gasteiger partial charge < -0.3 is 9.47 Å². The Morgan fingerprint density at radius 3 is 2.16 bits per heavy atom. The van der Waals surface area contributed by atoms with Crippen LogP contribution in [-0.4, -0.2) is 12.7 Å². The van der Waals surface area contributed by atoms with Crippen LogP contribution in [0.15, 0.2) is 54.6 Å². The van der Waals surface area contributed by atoms with Gasteiger partial charge in [0.05, 0.1) is 12.7 Å². The van der Waals surface area contributed by atoms with Crippen LogP contribution in [0.4, 0.5) is 0 Å². The zero-order valence-electron chi connectivity index (χ0n) is 11.5. The van der Waals surface area contributed by atoms with Crippen LogP contribution in [-0.2, 0) is 6.42 Å². The molecular formula is C17H20O2. The lowest BCUT2D eigenvalue weighted by Gasteiger charge is -2.15. The molecule has 19 heavy (non-hydrogen) atoms. The fraction of sp³-hybridized carbons (Fsp3) is 0.294. The van der Waals surface area contributed by atoms with Crippen molar-refractivity contribution >= 4 is 0 Å². The Labute approximate surface area is 115 Å². The van der Waals surface area contributed by atoms with E-state index in [0.29, 0.717) is 6.61 Å². The van der Waals surface area contributed by atoms with Crippen molar-refractivity contribution in [1.82, 2.24) is 0 Å². The Bertz CT molecular complexity index is 476. The van der Waals surface area contributed by atoms with Crippen molar-refractivity contribution in [2.45, 2.75) is 26.4 Å². The molecule has 2 nitrogen and oxygen atoms in total. The van der Waals surface area contributed by atoms with Crippen LogP contribution in [0, 0.1) is 0 Å². The van der Waals surface area contributed by atoms with Crippen LogP contribution in [0.1, 0.15) is 19.4 Å². The highest BCUT2D eigenvalue weighted by atomic mass is 16.5. The molecule has 100 valence electrons. The van der Waals surface area contributed by atoms with Gasteiger partial charge in [-0.2, -0.15) is 0 Å². The van der Waals surface area contributed by atoms with E-state index >= 15 is 0 Å². The molecule has 0 radical (unpaired) electrons. The topological polar surface area (TPSA) is 18.5 Å². The summed E-state index contributed by atoms with van der Waals surface area (Å²) in [6, 6.07) is 18.2. The summed E-state index contributed by atoms with van der Waals surface area (Å²) in [6.07, 6.45) is 1.06. The summed E-state index contributed by atoms with van der Waals surface area (Å²) < 4.78 is 11.3. The van der Waals surface area contributed by atoms with Crippen molar-refractivity contribution in [1.29, 1.82) is 0 Å².